The van der Waals surface area contributed by atoms with Crippen LogP contribution in [0.2, 0.25) is 0 Å². The van der Waals surface area contributed by atoms with Gasteiger partial charge in [-0.25, -0.2) is 14.0 Å². The van der Waals surface area contributed by atoms with Gasteiger partial charge in [0, 0.05) is 23.8 Å². The Bertz CT molecular complexity index is 1270. The molecule has 5 nitrogen and oxygen atoms in total. The van der Waals surface area contributed by atoms with Gasteiger partial charge in [-0.3, -0.25) is 0 Å². The normalized spacial score (nSPS) is 10.8. The zero-order valence-electron chi connectivity index (χ0n) is 19.6. The van der Waals surface area contributed by atoms with Gasteiger partial charge < -0.3 is 14.2 Å². The summed E-state index contributed by atoms with van der Waals surface area (Å²) in [6.45, 7) is 7.07. The summed E-state index contributed by atoms with van der Waals surface area (Å²) in [4.78, 5) is 22.2. The van der Waals surface area contributed by atoms with Gasteiger partial charge in [0.1, 0.15) is 30.5 Å². The van der Waals surface area contributed by atoms with Gasteiger partial charge in [0.05, 0.1) is 0 Å². The average Bonchev–Trinajstić information content (AvgIpc) is 2.90. The smallest absolute Gasteiger partial charge is 0.335 e. The highest BCUT2D eigenvalue weighted by Gasteiger charge is 2.05. The van der Waals surface area contributed by atoms with Crippen molar-refractivity contribution in [2.45, 2.75) is 0 Å². The Balaban J connectivity index is 1.52. The molecule has 182 valence electrons. The van der Waals surface area contributed by atoms with Crippen molar-refractivity contribution < 1.29 is 28.2 Å². The lowest BCUT2D eigenvalue weighted by atomic mass is 10.1. The van der Waals surface area contributed by atoms with Gasteiger partial charge in [0.25, 0.3) is 0 Å². The molecule has 0 fully saturated rings. The predicted octanol–water partition coefficient (Wildman–Crippen LogP) is 6.37. The fourth-order valence-corrected chi connectivity index (χ4v) is 3.00. The van der Waals surface area contributed by atoms with Gasteiger partial charge in [-0.1, -0.05) is 73.9 Å². The third-order valence-corrected chi connectivity index (χ3v) is 4.86. The van der Waals surface area contributed by atoms with Gasteiger partial charge in [-0.15, -0.1) is 0 Å². The fraction of sp³-hybridized carbons (Fsp3) is 0.0667. The van der Waals surface area contributed by atoms with E-state index in [-0.39, 0.29) is 19.0 Å². The minimum absolute atomic E-state index is 0.124. The maximum atomic E-state index is 14.3. The predicted molar refractivity (Wildman–Crippen MR) is 140 cm³/mol. The number of hydrogen-bond donors (Lipinski definition) is 0. The zero-order valence-corrected chi connectivity index (χ0v) is 19.6. The van der Waals surface area contributed by atoms with Crippen molar-refractivity contribution in [1.29, 1.82) is 0 Å². The first-order chi connectivity index (χ1) is 17.5. The molecule has 0 aliphatic heterocycles. The van der Waals surface area contributed by atoms with Crippen LogP contribution in [-0.4, -0.2) is 25.2 Å². The maximum Gasteiger partial charge on any atom is 0.335 e. The molecule has 0 unspecified atom stereocenters. The van der Waals surface area contributed by atoms with Crippen LogP contribution in [0.5, 0.6) is 11.5 Å². The molecule has 3 aromatic rings. The highest BCUT2D eigenvalue weighted by molar-refractivity contribution is 5.83. The van der Waals surface area contributed by atoms with E-state index in [4.69, 9.17) is 14.2 Å². The van der Waals surface area contributed by atoms with Gasteiger partial charge in [0.2, 0.25) is 0 Å². The topological polar surface area (TPSA) is 61.8 Å². The third kappa shape index (κ3) is 8.25. The summed E-state index contributed by atoms with van der Waals surface area (Å²) < 4.78 is 29.6. The summed E-state index contributed by atoms with van der Waals surface area (Å²) in [7, 11) is 0. The van der Waals surface area contributed by atoms with Crippen LogP contribution in [0.25, 0.3) is 24.3 Å². The van der Waals surface area contributed by atoms with E-state index in [1.807, 2.05) is 60.7 Å². The van der Waals surface area contributed by atoms with Gasteiger partial charge in [0.15, 0.2) is 0 Å². The van der Waals surface area contributed by atoms with E-state index in [9.17, 15) is 14.0 Å². The summed E-state index contributed by atoms with van der Waals surface area (Å²) >= 11 is 0. The van der Waals surface area contributed by atoms with Crippen LogP contribution in [0.4, 0.5) is 4.39 Å². The fourth-order valence-electron chi connectivity index (χ4n) is 3.00. The molecule has 0 aromatic heterocycles. The summed E-state index contributed by atoms with van der Waals surface area (Å²) in [5, 5.41) is 0. The number of carbonyl (C=O) groups is 2. The molecule has 0 aliphatic carbocycles. The molecular formula is C30H25FO5. The van der Waals surface area contributed by atoms with E-state index in [0.29, 0.717) is 11.3 Å². The average molecular weight is 485 g/mol. The Kier molecular flexibility index (Phi) is 9.53. The summed E-state index contributed by atoms with van der Waals surface area (Å²) in [5.74, 6) is -0.801. The van der Waals surface area contributed by atoms with Crippen molar-refractivity contribution in [2.75, 3.05) is 13.2 Å². The van der Waals surface area contributed by atoms with Crippen molar-refractivity contribution in [2.24, 2.45) is 0 Å². The third-order valence-electron chi connectivity index (χ3n) is 4.86. The standard InChI is InChI=1S/C30H25FO5/c1-3-29(32)35-20-19-34-26-16-12-24(13-17-26)10-7-22-5-8-23(9-6-22)11-14-25-15-18-27(21-28(25)31)36-30(33)4-2/h3-18,21H,1-2,19-20H2. The Morgan fingerprint density at radius 3 is 1.78 bits per heavy atom. The van der Waals surface area contributed by atoms with E-state index in [0.717, 1.165) is 34.9 Å². The van der Waals surface area contributed by atoms with Crippen molar-refractivity contribution in [1.82, 2.24) is 0 Å². The van der Waals surface area contributed by atoms with Crippen molar-refractivity contribution in [3.63, 3.8) is 0 Å². The van der Waals surface area contributed by atoms with E-state index in [1.165, 1.54) is 6.07 Å². The van der Waals surface area contributed by atoms with Crippen LogP contribution in [0.3, 0.4) is 0 Å². The lowest BCUT2D eigenvalue weighted by Crippen LogP contribution is -2.10. The van der Waals surface area contributed by atoms with Crippen LogP contribution in [0.15, 0.2) is 92.0 Å². The molecule has 0 saturated carbocycles. The molecule has 0 bridgehead atoms. The minimum Gasteiger partial charge on any atom is -0.490 e. The van der Waals surface area contributed by atoms with E-state index in [2.05, 4.69) is 13.2 Å². The molecule has 3 aromatic carbocycles. The second-order valence-electron chi connectivity index (χ2n) is 7.43. The molecule has 36 heavy (non-hydrogen) atoms. The number of benzene rings is 3. The molecule has 0 saturated heterocycles. The highest BCUT2D eigenvalue weighted by atomic mass is 19.1. The first-order valence-corrected chi connectivity index (χ1v) is 11.1. The number of rotatable bonds is 11. The second-order valence-corrected chi connectivity index (χ2v) is 7.43. The lowest BCUT2D eigenvalue weighted by Gasteiger charge is -2.06. The zero-order chi connectivity index (χ0) is 25.8. The van der Waals surface area contributed by atoms with Crippen molar-refractivity contribution in [3.8, 4) is 11.5 Å². The highest BCUT2D eigenvalue weighted by Crippen LogP contribution is 2.20. The number of hydrogen-bond acceptors (Lipinski definition) is 5. The summed E-state index contributed by atoms with van der Waals surface area (Å²) in [5.41, 5.74) is 3.30. The molecule has 6 heteroatoms. The molecular weight excluding hydrogens is 459 g/mol. The molecule has 0 radical (unpaired) electrons. The minimum atomic E-state index is -0.640. The molecule has 0 atom stereocenters. The SMILES string of the molecule is C=CC(=O)OCCOc1ccc(C=Cc2ccc(C=Cc3ccc(OC(=O)C=C)cc3F)cc2)cc1. The van der Waals surface area contributed by atoms with Crippen LogP contribution in [-0.2, 0) is 14.3 Å². The van der Waals surface area contributed by atoms with Crippen molar-refractivity contribution >= 4 is 36.2 Å². The molecule has 0 N–H and O–H groups in total. The van der Waals surface area contributed by atoms with Crippen LogP contribution in [0.1, 0.15) is 22.3 Å². The number of carbonyl (C=O) groups excluding carboxylic acids is 2. The molecule has 0 heterocycles. The quantitative estimate of drug-likeness (QED) is 0.104. The molecule has 3 rings (SSSR count). The monoisotopic (exact) mass is 484 g/mol. The van der Waals surface area contributed by atoms with E-state index in [1.54, 1.807) is 18.2 Å². The molecule has 0 amide bonds. The second kappa shape index (κ2) is 13.2. The molecule has 0 aliphatic rings. The van der Waals surface area contributed by atoms with Crippen LogP contribution >= 0.6 is 0 Å². The van der Waals surface area contributed by atoms with Gasteiger partial charge >= 0.3 is 11.9 Å². The lowest BCUT2D eigenvalue weighted by molar-refractivity contribution is -0.138. The Labute approximate surface area is 209 Å². The van der Waals surface area contributed by atoms with E-state index < -0.39 is 17.8 Å². The van der Waals surface area contributed by atoms with Crippen LogP contribution < -0.4 is 9.47 Å². The van der Waals surface area contributed by atoms with Gasteiger partial charge in [-0.05, 0) is 41.0 Å². The van der Waals surface area contributed by atoms with Crippen molar-refractivity contribution in [3.05, 3.63) is 120 Å². The van der Waals surface area contributed by atoms with Crippen LogP contribution in [0, 0.1) is 5.82 Å². The first kappa shape index (κ1) is 25.9. The Hall–Kier alpha value is -4.71. The summed E-state index contributed by atoms with van der Waals surface area (Å²) in [6, 6.07) is 19.6. The maximum absolute atomic E-state index is 14.3. The van der Waals surface area contributed by atoms with Gasteiger partial charge in [-0.2, -0.15) is 0 Å². The van der Waals surface area contributed by atoms with E-state index >= 15 is 0 Å². The Morgan fingerprint density at radius 2 is 1.22 bits per heavy atom. The first-order valence-electron chi connectivity index (χ1n) is 11.1. The number of ether oxygens (including phenoxy) is 3. The number of halogens is 1. The number of esters is 2. The summed E-state index contributed by atoms with van der Waals surface area (Å²) in [6.07, 6.45) is 9.56. The molecule has 0 spiro atoms. The largest absolute Gasteiger partial charge is 0.490 e. The Morgan fingerprint density at radius 1 is 0.694 bits per heavy atom.